The Bertz CT molecular complexity index is 1160. The van der Waals surface area contributed by atoms with Crippen LogP contribution in [0.3, 0.4) is 0 Å². The number of urea groups is 1. The minimum Gasteiger partial charge on any atom is -0.406 e. The molecule has 2 saturated heterocycles. The van der Waals surface area contributed by atoms with Gasteiger partial charge in [-0.3, -0.25) is 0 Å². The Morgan fingerprint density at radius 1 is 0.944 bits per heavy atom. The van der Waals surface area contributed by atoms with Gasteiger partial charge in [0.25, 0.3) is 0 Å². The number of piperidine rings is 1. The van der Waals surface area contributed by atoms with Crippen molar-refractivity contribution in [2.75, 3.05) is 39.4 Å². The van der Waals surface area contributed by atoms with Crippen molar-refractivity contribution in [2.24, 2.45) is 0 Å². The minimum atomic E-state index is -4.76. The zero-order valence-electron chi connectivity index (χ0n) is 19.4. The second-order valence-corrected chi connectivity index (χ2v) is 8.86. The molecule has 2 fully saturated rings. The van der Waals surface area contributed by atoms with E-state index in [1.165, 1.54) is 12.1 Å². The highest BCUT2D eigenvalue weighted by molar-refractivity contribution is 5.75. The molecule has 2 aromatic carbocycles. The molecule has 1 aromatic heterocycles. The van der Waals surface area contributed by atoms with Crippen LogP contribution >= 0.6 is 0 Å². The Morgan fingerprint density at radius 2 is 1.64 bits per heavy atom. The first-order valence-corrected chi connectivity index (χ1v) is 11.7. The fourth-order valence-electron chi connectivity index (χ4n) is 4.68. The van der Waals surface area contributed by atoms with Crippen LogP contribution in [0.5, 0.6) is 5.75 Å². The van der Waals surface area contributed by atoms with E-state index >= 15 is 0 Å². The first-order valence-electron chi connectivity index (χ1n) is 11.7. The first-order chi connectivity index (χ1) is 17.4. The van der Waals surface area contributed by atoms with Crippen LogP contribution in [0, 0.1) is 0 Å². The van der Waals surface area contributed by atoms with E-state index in [9.17, 15) is 18.0 Å². The summed E-state index contributed by atoms with van der Waals surface area (Å²) in [5.74, 6) is 0.234. The normalized spacial score (nSPS) is 20.9. The number of hydrogen-bond acceptors (Lipinski definition) is 6. The lowest BCUT2D eigenvalue weighted by Gasteiger charge is -2.40. The molecule has 0 N–H and O–H groups in total. The maximum atomic E-state index is 13.3. The number of halogens is 3. The standard InChI is InChI=1S/C25H25F3N4O4/c26-25(27,28)35-21-8-6-17(7-9-21)19-14-20(16-32(15-19)24(33)31-10-12-34-13-11-31)23-29-22(30-36-23)18-4-2-1-3-5-18/h1-9,19-20H,10-16H2. The topological polar surface area (TPSA) is 80.9 Å². The maximum Gasteiger partial charge on any atom is 0.573 e. The van der Waals surface area contributed by atoms with Gasteiger partial charge in [-0.05, 0) is 24.1 Å². The predicted octanol–water partition coefficient (Wildman–Crippen LogP) is 4.66. The maximum absolute atomic E-state index is 13.3. The molecule has 2 amide bonds. The monoisotopic (exact) mass is 502 g/mol. The first kappa shape index (κ1) is 24.1. The van der Waals surface area contributed by atoms with Crippen LogP contribution in [0.1, 0.15) is 29.7 Å². The van der Waals surface area contributed by atoms with Gasteiger partial charge in [-0.15, -0.1) is 13.2 Å². The summed E-state index contributed by atoms with van der Waals surface area (Å²) in [4.78, 5) is 21.4. The lowest BCUT2D eigenvalue weighted by Crippen LogP contribution is -2.52. The summed E-state index contributed by atoms with van der Waals surface area (Å²) in [6.07, 6.45) is -4.16. The molecule has 5 rings (SSSR count). The number of hydrogen-bond donors (Lipinski definition) is 0. The van der Waals surface area contributed by atoms with Crippen LogP contribution in [0.4, 0.5) is 18.0 Å². The van der Waals surface area contributed by atoms with E-state index in [1.54, 1.807) is 21.9 Å². The van der Waals surface area contributed by atoms with Gasteiger partial charge in [0, 0.05) is 37.7 Å². The number of aromatic nitrogens is 2. The molecule has 0 spiro atoms. The third-order valence-electron chi connectivity index (χ3n) is 6.41. The lowest BCUT2D eigenvalue weighted by atomic mass is 9.84. The number of ether oxygens (including phenoxy) is 2. The number of benzene rings is 2. The number of nitrogens with zero attached hydrogens (tertiary/aromatic N) is 4. The van der Waals surface area contributed by atoms with Crippen LogP contribution in [-0.2, 0) is 4.74 Å². The molecular formula is C25H25F3N4O4. The highest BCUT2D eigenvalue weighted by Crippen LogP contribution is 2.37. The highest BCUT2D eigenvalue weighted by atomic mass is 19.4. The summed E-state index contributed by atoms with van der Waals surface area (Å²) in [7, 11) is 0. The van der Waals surface area contributed by atoms with Gasteiger partial charge in [-0.2, -0.15) is 4.98 Å². The van der Waals surface area contributed by atoms with Gasteiger partial charge < -0.3 is 23.8 Å². The molecule has 0 saturated carbocycles. The van der Waals surface area contributed by atoms with Crippen molar-refractivity contribution < 1.29 is 32.0 Å². The zero-order valence-corrected chi connectivity index (χ0v) is 19.4. The number of amides is 2. The van der Waals surface area contributed by atoms with E-state index in [-0.39, 0.29) is 23.6 Å². The average molecular weight is 502 g/mol. The fraction of sp³-hybridized carbons (Fsp3) is 0.400. The van der Waals surface area contributed by atoms with Crippen LogP contribution in [0.25, 0.3) is 11.4 Å². The van der Waals surface area contributed by atoms with E-state index in [4.69, 9.17) is 9.26 Å². The quantitative estimate of drug-likeness (QED) is 0.516. The van der Waals surface area contributed by atoms with E-state index < -0.39 is 6.36 Å². The molecule has 3 heterocycles. The predicted molar refractivity (Wildman–Crippen MR) is 122 cm³/mol. The average Bonchev–Trinajstić information content (AvgIpc) is 3.39. The van der Waals surface area contributed by atoms with E-state index in [0.717, 1.165) is 11.1 Å². The molecule has 36 heavy (non-hydrogen) atoms. The van der Waals surface area contributed by atoms with Crippen LogP contribution in [0.15, 0.2) is 59.1 Å². The zero-order chi connectivity index (χ0) is 25.1. The van der Waals surface area contributed by atoms with Gasteiger partial charge in [-0.1, -0.05) is 47.6 Å². The Kier molecular flexibility index (Phi) is 6.82. The molecule has 11 heteroatoms. The summed E-state index contributed by atoms with van der Waals surface area (Å²) in [5.41, 5.74) is 1.62. The molecule has 0 aliphatic carbocycles. The van der Waals surface area contributed by atoms with Gasteiger partial charge in [0.1, 0.15) is 5.75 Å². The van der Waals surface area contributed by atoms with Crippen molar-refractivity contribution in [1.82, 2.24) is 19.9 Å². The Balaban J connectivity index is 1.39. The van der Waals surface area contributed by atoms with Crippen LogP contribution in [0.2, 0.25) is 0 Å². The van der Waals surface area contributed by atoms with Gasteiger partial charge in [0.2, 0.25) is 11.7 Å². The van der Waals surface area contributed by atoms with Crippen molar-refractivity contribution in [2.45, 2.75) is 24.6 Å². The van der Waals surface area contributed by atoms with Crippen LogP contribution < -0.4 is 4.74 Å². The van der Waals surface area contributed by atoms with Gasteiger partial charge in [0.05, 0.1) is 19.1 Å². The molecule has 3 aromatic rings. The molecule has 2 unspecified atom stereocenters. The third-order valence-corrected chi connectivity index (χ3v) is 6.41. The van der Waals surface area contributed by atoms with Crippen molar-refractivity contribution >= 4 is 6.03 Å². The second-order valence-electron chi connectivity index (χ2n) is 8.86. The molecule has 0 bridgehead atoms. The number of alkyl halides is 3. The summed E-state index contributed by atoms with van der Waals surface area (Å²) in [6.45, 7) is 2.80. The van der Waals surface area contributed by atoms with Crippen molar-refractivity contribution in [3.8, 4) is 17.1 Å². The lowest BCUT2D eigenvalue weighted by molar-refractivity contribution is -0.274. The summed E-state index contributed by atoms with van der Waals surface area (Å²) >= 11 is 0. The molecule has 8 nitrogen and oxygen atoms in total. The number of carbonyl (C=O) groups is 1. The number of carbonyl (C=O) groups excluding carboxylic acids is 1. The summed E-state index contributed by atoms with van der Waals surface area (Å²) < 4.78 is 52.7. The number of rotatable bonds is 4. The number of morpholine rings is 1. The third kappa shape index (κ3) is 5.62. The minimum absolute atomic E-state index is 0.104. The Hall–Kier alpha value is -3.60. The Morgan fingerprint density at radius 3 is 2.33 bits per heavy atom. The molecule has 2 aliphatic rings. The van der Waals surface area contributed by atoms with E-state index in [1.807, 2.05) is 30.3 Å². The molecule has 2 aliphatic heterocycles. The van der Waals surface area contributed by atoms with Gasteiger partial charge in [0.15, 0.2) is 0 Å². The van der Waals surface area contributed by atoms with E-state index in [0.29, 0.717) is 57.5 Å². The van der Waals surface area contributed by atoms with Crippen molar-refractivity contribution in [3.63, 3.8) is 0 Å². The smallest absolute Gasteiger partial charge is 0.406 e. The molecule has 2 atom stereocenters. The highest BCUT2D eigenvalue weighted by Gasteiger charge is 2.37. The molecular weight excluding hydrogens is 477 g/mol. The molecule has 0 radical (unpaired) electrons. The van der Waals surface area contributed by atoms with Crippen molar-refractivity contribution in [1.29, 1.82) is 0 Å². The van der Waals surface area contributed by atoms with Gasteiger partial charge >= 0.3 is 12.4 Å². The largest absolute Gasteiger partial charge is 0.573 e. The second kappa shape index (κ2) is 10.2. The van der Waals surface area contributed by atoms with Crippen LogP contribution in [-0.4, -0.2) is 71.7 Å². The summed E-state index contributed by atoms with van der Waals surface area (Å²) in [5, 5.41) is 4.13. The Labute approximate surface area is 205 Å². The molecule has 190 valence electrons. The number of likely N-dealkylation sites (tertiary alicyclic amines) is 1. The van der Waals surface area contributed by atoms with Crippen molar-refractivity contribution in [3.05, 3.63) is 66.1 Å². The fourth-order valence-corrected chi connectivity index (χ4v) is 4.68. The summed E-state index contributed by atoms with van der Waals surface area (Å²) in [6, 6.07) is 15.1. The van der Waals surface area contributed by atoms with E-state index in [2.05, 4.69) is 14.9 Å². The van der Waals surface area contributed by atoms with Gasteiger partial charge in [-0.25, -0.2) is 4.79 Å². The SMILES string of the molecule is O=C(N1CCOCC1)N1CC(c2ccc(OC(F)(F)F)cc2)CC(c2nc(-c3ccccc3)no2)C1.